The third kappa shape index (κ3) is 2.90. The lowest BCUT2D eigenvalue weighted by molar-refractivity contribution is -0.116. The summed E-state index contributed by atoms with van der Waals surface area (Å²) < 4.78 is 1.99. The summed E-state index contributed by atoms with van der Waals surface area (Å²) in [6.45, 7) is 4.17. The topological polar surface area (TPSA) is 54.7 Å². The first kappa shape index (κ1) is 16.8. The third-order valence-electron chi connectivity index (χ3n) is 4.70. The number of amides is 1. The van der Waals surface area contributed by atoms with E-state index in [1.807, 2.05) is 60.1 Å². The molecule has 1 aliphatic rings. The van der Waals surface area contributed by atoms with Crippen molar-refractivity contribution in [1.82, 2.24) is 9.38 Å². The minimum absolute atomic E-state index is 0.0398. The molecule has 0 fully saturated rings. The summed E-state index contributed by atoms with van der Waals surface area (Å²) in [5.41, 5.74) is 3.69. The maximum Gasteiger partial charge on any atom is 0.223 e. The monoisotopic (exact) mass is 365 g/mol. The third-order valence-corrected chi connectivity index (χ3v) is 5.78. The largest absolute Gasteiger partial charge is 0.312 e. The molecule has 4 rings (SSSR count). The van der Waals surface area contributed by atoms with E-state index < -0.39 is 0 Å². The first-order chi connectivity index (χ1) is 12.5. The number of imidazole rings is 1. The van der Waals surface area contributed by atoms with E-state index in [1.54, 1.807) is 11.8 Å². The van der Waals surface area contributed by atoms with E-state index in [2.05, 4.69) is 4.98 Å². The van der Waals surface area contributed by atoms with Crippen molar-refractivity contribution in [3.63, 3.8) is 0 Å². The highest BCUT2D eigenvalue weighted by molar-refractivity contribution is 8.00. The van der Waals surface area contributed by atoms with Gasteiger partial charge in [-0.15, -0.1) is 0 Å². The lowest BCUT2D eigenvalue weighted by Crippen LogP contribution is -2.25. The summed E-state index contributed by atoms with van der Waals surface area (Å²) in [5.74, 6) is 0.115. The average Bonchev–Trinajstić information content (AvgIpc) is 3.25. The molecule has 1 aliphatic heterocycles. The number of thioether (sulfide) groups is 1. The van der Waals surface area contributed by atoms with Crippen LogP contribution in [0.4, 0.5) is 5.69 Å². The smallest absolute Gasteiger partial charge is 0.223 e. The molecule has 26 heavy (non-hydrogen) atoms. The molecule has 0 N–H and O–H groups in total. The second kappa shape index (κ2) is 6.61. The minimum atomic E-state index is -0.246. The van der Waals surface area contributed by atoms with Crippen LogP contribution in [0.1, 0.15) is 29.8 Å². The van der Waals surface area contributed by atoms with Crippen molar-refractivity contribution in [3.8, 4) is 0 Å². The summed E-state index contributed by atoms with van der Waals surface area (Å²) in [4.78, 5) is 30.7. The van der Waals surface area contributed by atoms with Gasteiger partial charge in [-0.1, -0.05) is 17.8 Å². The number of benzene rings is 1. The number of anilines is 1. The molecule has 0 spiro atoms. The van der Waals surface area contributed by atoms with E-state index in [4.69, 9.17) is 0 Å². The maximum absolute atomic E-state index is 12.9. The molecule has 0 radical (unpaired) electrons. The predicted molar refractivity (Wildman–Crippen MR) is 103 cm³/mol. The number of rotatable bonds is 4. The maximum atomic E-state index is 12.9. The minimum Gasteiger partial charge on any atom is -0.312 e. The van der Waals surface area contributed by atoms with Gasteiger partial charge in [0.2, 0.25) is 5.91 Å². The van der Waals surface area contributed by atoms with Crippen LogP contribution in [-0.4, -0.2) is 32.9 Å². The molecule has 2 aromatic heterocycles. The normalized spacial score (nSPS) is 14.5. The molecule has 0 bridgehead atoms. The molecule has 1 amide bonds. The molecule has 1 atom stereocenters. The van der Waals surface area contributed by atoms with Crippen LogP contribution in [0.15, 0.2) is 53.9 Å². The zero-order chi connectivity index (χ0) is 18.3. The van der Waals surface area contributed by atoms with Crippen molar-refractivity contribution >= 4 is 34.7 Å². The number of aromatic nitrogens is 2. The van der Waals surface area contributed by atoms with E-state index in [-0.39, 0.29) is 16.9 Å². The Labute approximate surface area is 156 Å². The Bertz CT molecular complexity index is 1010. The van der Waals surface area contributed by atoms with Gasteiger partial charge in [0.05, 0.1) is 17.0 Å². The van der Waals surface area contributed by atoms with Gasteiger partial charge in [-0.25, -0.2) is 4.98 Å². The Balaban J connectivity index is 1.55. The van der Waals surface area contributed by atoms with Gasteiger partial charge in [0.15, 0.2) is 10.9 Å². The number of carbonyl (C=O) groups is 2. The fraction of sp³-hybridized carbons (Fsp3) is 0.250. The number of nitrogens with zero attached hydrogens (tertiary/aromatic N) is 3. The Morgan fingerprint density at radius 1 is 1.23 bits per heavy atom. The van der Waals surface area contributed by atoms with Gasteiger partial charge in [-0.3, -0.25) is 14.0 Å². The highest BCUT2D eigenvalue weighted by Crippen LogP contribution is 2.31. The summed E-state index contributed by atoms with van der Waals surface area (Å²) in [5, 5.41) is 0.564. The quantitative estimate of drug-likeness (QED) is 0.524. The highest BCUT2D eigenvalue weighted by atomic mass is 32.2. The Kier molecular flexibility index (Phi) is 4.28. The SMILES string of the molecule is CC(=O)N1CCc2cc(C(=O)C(C)Sc3ncc4ccccn34)ccc21. The first-order valence-corrected chi connectivity index (χ1v) is 9.46. The van der Waals surface area contributed by atoms with Gasteiger partial charge in [-0.05, 0) is 49.2 Å². The molecule has 6 heteroatoms. The van der Waals surface area contributed by atoms with Crippen LogP contribution in [0.5, 0.6) is 0 Å². The number of hydrogen-bond acceptors (Lipinski definition) is 4. The van der Waals surface area contributed by atoms with Gasteiger partial charge >= 0.3 is 0 Å². The molecular formula is C20H19N3O2S. The number of hydrogen-bond donors (Lipinski definition) is 0. The number of fused-ring (bicyclic) bond motifs is 2. The summed E-state index contributed by atoms with van der Waals surface area (Å²) in [7, 11) is 0. The van der Waals surface area contributed by atoms with Crippen LogP contribution in [0.2, 0.25) is 0 Å². The van der Waals surface area contributed by atoms with Crippen molar-refractivity contribution in [1.29, 1.82) is 0 Å². The zero-order valence-corrected chi connectivity index (χ0v) is 15.5. The van der Waals surface area contributed by atoms with E-state index >= 15 is 0 Å². The van der Waals surface area contributed by atoms with E-state index in [9.17, 15) is 9.59 Å². The molecule has 132 valence electrons. The van der Waals surface area contributed by atoms with E-state index in [1.165, 1.54) is 11.8 Å². The number of pyridine rings is 1. The van der Waals surface area contributed by atoms with Crippen molar-refractivity contribution in [2.24, 2.45) is 0 Å². The van der Waals surface area contributed by atoms with E-state index in [0.717, 1.165) is 28.3 Å². The zero-order valence-electron chi connectivity index (χ0n) is 14.7. The van der Waals surface area contributed by atoms with Crippen molar-refractivity contribution in [3.05, 3.63) is 59.9 Å². The molecule has 1 unspecified atom stereocenters. The molecule has 3 aromatic rings. The van der Waals surface area contributed by atoms with Crippen molar-refractivity contribution < 1.29 is 9.59 Å². The second-order valence-electron chi connectivity index (χ2n) is 6.42. The van der Waals surface area contributed by atoms with E-state index in [0.29, 0.717) is 12.1 Å². The standard InChI is InChI=1S/C20H19N3O2S/c1-13(26-20-21-12-17-5-3-4-9-23(17)20)19(25)16-6-7-18-15(11-16)8-10-22(18)14(2)24/h3-7,9,11-13H,8,10H2,1-2H3. The second-order valence-corrected chi connectivity index (χ2v) is 7.73. The van der Waals surface area contributed by atoms with Crippen LogP contribution >= 0.6 is 11.8 Å². The van der Waals surface area contributed by atoms with Crippen LogP contribution < -0.4 is 4.90 Å². The first-order valence-electron chi connectivity index (χ1n) is 8.58. The Morgan fingerprint density at radius 3 is 2.88 bits per heavy atom. The Morgan fingerprint density at radius 2 is 2.08 bits per heavy atom. The lowest BCUT2D eigenvalue weighted by Gasteiger charge is -2.15. The summed E-state index contributed by atoms with van der Waals surface area (Å²) in [6, 6.07) is 11.6. The van der Waals surface area contributed by atoms with Gasteiger partial charge < -0.3 is 4.90 Å². The van der Waals surface area contributed by atoms with Crippen LogP contribution in [0.25, 0.3) is 5.52 Å². The number of carbonyl (C=O) groups excluding carboxylic acids is 2. The number of ketones is 1. The fourth-order valence-electron chi connectivity index (χ4n) is 3.33. The van der Waals surface area contributed by atoms with Crippen molar-refractivity contribution in [2.45, 2.75) is 30.7 Å². The molecule has 3 heterocycles. The lowest BCUT2D eigenvalue weighted by atomic mass is 10.0. The molecule has 1 aromatic carbocycles. The predicted octanol–water partition coefficient (Wildman–Crippen LogP) is 3.61. The molecule has 0 saturated heterocycles. The van der Waals surface area contributed by atoms with Gasteiger partial charge in [0.1, 0.15) is 0 Å². The van der Waals surface area contributed by atoms with Crippen molar-refractivity contribution in [2.75, 3.05) is 11.4 Å². The molecule has 5 nitrogen and oxygen atoms in total. The summed E-state index contributed by atoms with van der Waals surface area (Å²) >= 11 is 1.46. The summed E-state index contributed by atoms with van der Waals surface area (Å²) in [6.07, 6.45) is 4.56. The molecular weight excluding hydrogens is 346 g/mol. The molecule has 0 saturated carbocycles. The average molecular weight is 365 g/mol. The highest BCUT2D eigenvalue weighted by Gasteiger charge is 2.25. The van der Waals surface area contributed by atoms with Gasteiger partial charge in [-0.2, -0.15) is 0 Å². The number of Topliss-reactive ketones (excluding diaryl/α,β-unsaturated/α-hetero) is 1. The van der Waals surface area contributed by atoms with Gasteiger partial charge in [0, 0.05) is 30.9 Å². The Hall–Kier alpha value is -2.60. The molecule has 0 aliphatic carbocycles. The van der Waals surface area contributed by atoms with Gasteiger partial charge in [0.25, 0.3) is 0 Å². The van der Waals surface area contributed by atoms with Crippen LogP contribution in [0.3, 0.4) is 0 Å². The van der Waals surface area contributed by atoms with Crippen LogP contribution in [0, 0.1) is 0 Å². The van der Waals surface area contributed by atoms with Crippen LogP contribution in [-0.2, 0) is 11.2 Å². The fourth-order valence-corrected chi connectivity index (χ4v) is 4.29.